The van der Waals surface area contributed by atoms with Crippen molar-refractivity contribution in [1.82, 2.24) is 15.4 Å². The van der Waals surface area contributed by atoms with Crippen molar-refractivity contribution >= 4 is 5.97 Å². The predicted molar refractivity (Wildman–Crippen MR) is 49.9 cm³/mol. The summed E-state index contributed by atoms with van der Waals surface area (Å²) >= 11 is 0. The van der Waals surface area contributed by atoms with Gasteiger partial charge in [0.15, 0.2) is 0 Å². The first kappa shape index (κ1) is 9.35. The van der Waals surface area contributed by atoms with Crippen molar-refractivity contribution in [2.24, 2.45) is 0 Å². The lowest BCUT2D eigenvalue weighted by atomic mass is 10.1. The summed E-state index contributed by atoms with van der Waals surface area (Å²) in [5.74, 6) is -0.942. The number of aromatic amines is 1. The minimum absolute atomic E-state index is 0.0521. The lowest BCUT2D eigenvalue weighted by Gasteiger charge is -1.96. The normalized spacial score (nSPS) is 9.93. The van der Waals surface area contributed by atoms with Crippen LogP contribution in [0.25, 0.3) is 11.3 Å². The molecule has 0 radical (unpaired) electrons. The smallest absolute Gasteiger partial charge is 0.294 e. The van der Waals surface area contributed by atoms with Gasteiger partial charge in [-0.05, 0) is 0 Å². The highest BCUT2D eigenvalue weighted by Gasteiger charge is 2.18. The van der Waals surface area contributed by atoms with E-state index < -0.39 is 5.97 Å². The largest absolute Gasteiger partial charge is 0.395 e. The molecule has 0 saturated carbocycles. The number of nitrogens with one attached hydrogen (secondary N) is 1. The molecule has 0 aliphatic carbocycles. The van der Waals surface area contributed by atoms with Gasteiger partial charge in [0.25, 0.3) is 0 Å². The molecule has 0 aliphatic rings. The number of aromatic nitrogens is 3. The second kappa shape index (κ2) is 3.89. The predicted octanol–water partition coefficient (Wildman–Crippen LogP) is 1.10. The van der Waals surface area contributed by atoms with Crippen LogP contribution >= 0.6 is 0 Å². The molecule has 0 spiro atoms. The van der Waals surface area contributed by atoms with E-state index in [4.69, 9.17) is 5.26 Å². The molecule has 1 aromatic carbocycles. The molecule has 2 N–H and O–H groups in total. The molecule has 0 unspecified atom stereocenters. The second-order valence-electron chi connectivity index (χ2n) is 2.77. The van der Waals surface area contributed by atoms with Gasteiger partial charge >= 0.3 is 5.97 Å². The summed E-state index contributed by atoms with van der Waals surface area (Å²) in [7, 11) is 0. The fourth-order valence-electron chi connectivity index (χ4n) is 1.21. The first-order chi connectivity index (χ1) is 7.33. The SMILES string of the molecule is O=C(OO)c1n[nH]nc1-c1ccccc1. The van der Waals surface area contributed by atoms with Crippen molar-refractivity contribution < 1.29 is 14.9 Å². The van der Waals surface area contributed by atoms with Gasteiger partial charge in [-0.3, -0.25) is 4.89 Å². The second-order valence-corrected chi connectivity index (χ2v) is 2.77. The number of rotatable bonds is 2. The molecule has 76 valence electrons. The summed E-state index contributed by atoms with van der Waals surface area (Å²) in [5.41, 5.74) is 1.00. The molecule has 1 aromatic heterocycles. The van der Waals surface area contributed by atoms with Crippen LogP contribution in [-0.2, 0) is 4.89 Å². The molecule has 1 heterocycles. The molecular weight excluding hydrogens is 198 g/mol. The summed E-state index contributed by atoms with van der Waals surface area (Å²) in [6.45, 7) is 0. The molecule has 0 fully saturated rings. The molecule has 2 aromatic rings. The van der Waals surface area contributed by atoms with E-state index in [1.165, 1.54) is 0 Å². The van der Waals surface area contributed by atoms with Gasteiger partial charge in [-0.2, -0.15) is 15.6 Å². The van der Waals surface area contributed by atoms with Crippen LogP contribution < -0.4 is 0 Å². The zero-order valence-corrected chi connectivity index (χ0v) is 7.54. The maximum absolute atomic E-state index is 11.1. The third-order valence-corrected chi connectivity index (χ3v) is 1.87. The lowest BCUT2D eigenvalue weighted by molar-refractivity contribution is -0.183. The van der Waals surface area contributed by atoms with Gasteiger partial charge in [0.2, 0.25) is 5.69 Å². The Morgan fingerprint density at radius 2 is 2.00 bits per heavy atom. The van der Waals surface area contributed by atoms with E-state index in [1.807, 2.05) is 6.07 Å². The van der Waals surface area contributed by atoms with Gasteiger partial charge in [0, 0.05) is 5.56 Å². The Hall–Kier alpha value is -2.21. The molecule has 0 saturated heterocycles. The Kier molecular flexibility index (Phi) is 2.42. The van der Waals surface area contributed by atoms with Crippen molar-refractivity contribution in [3.05, 3.63) is 36.0 Å². The average molecular weight is 205 g/mol. The summed E-state index contributed by atoms with van der Waals surface area (Å²) in [4.78, 5) is 14.7. The quantitative estimate of drug-likeness (QED) is 0.566. The van der Waals surface area contributed by atoms with E-state index >= 15 is 0 Å². The van der Waals surface area contributed by atoms with E-state index in [0.717, 1.165) is 0 Å². The van der Waals surface area contributed by atoms with E-state index in [2.05, 4.69) is 20.3 Å². The molecule has 0 atom stereocenters. The summed E-state index contributed by atoms with van der Waals surface area (Å²) in [6.07, 6.45) is 0. The first-order valence-electron chi connectivity index (χ1n) is 4.15. The van der Waals surface area contributed by atoms with Gasteiger partial charge in [-0.1, -0.05) is 30.3 Å². The highest BCUT2D eigenvalue weighted by Crippen LogP contribution is 2.19. The van der Waals surface area contributed by atoms with Crippen LogP contribution in [0.15, 0.2) is 30.3 Å². The third kappa shape index (κ3) is 1.70. The van der Waals surface area contributed by atoms with Crippen molar-refractivity contribution in [1.29, 1.82) is 0 Å². The van der Waals surface area contributed by atoms with Crippen molar-refractivity contribution in [3.63, 3.8) is 0 Å². The molecule has 0 amide bonds. The minimum Gasteiger partial charge on any atom is -0.294 e. The van der Waals surface area contributed by atoms with Crippen LogP contribution in [0.4, 0.5) is 0 Å². The highest BCUT2D eigenvalue weighted by atomic mass is 17.1. The fraction of sp³-hybridized carbons (Fsp3) is 0. The van der Waals surface area contributed by atoms with Crippen LogP contribution in [0.5, 0.6) is 0 Å². The Morgan fingerprint density at radius 1 is 1.27 bits per heavy atom. The minimum atomic E-state index is -0.942. The Balaban J connectivity index is 2.46. The topological polar surface area (TPSA) is 88.1 Å². The Morgan fingerprint density at radius 3 is 2.67 bits per heavy atom. The lowest BCUT2D eigenvalue weighted by Crippen LogP contribution is -2.04. The van der Waals surface area contributed by atoms with Crippen molar-refractivity contribution in [2.75, 3.05) is 0 Å². The van der Waals surface area contributed by atoms with Gasteiger partial charge in [0.05, 0.1) is 0 Å². The van der Waals surface area contributed by atoms with E-state index in [0.29, 0.717) is 11.3 Å². The van der Waals surface area contributed by atoms with Crippen LogP contribution in [0.1, 0.15) is 10.5 Å². The Labute approximate surface area is 84.4 Å². The first-order valence-corrected chi connectivity index (χ1v) is 4.15. The number of hydrogen-bond donors (Lipinski definition) is 2. The van der Waals surface area contributed by atoms with Gasteiger partial charge in [-0.25, -0.2) is 4.79 Å². The molecule has 2 rings (SSSR count). The summed E-state index contributed by atoms with van der Waals surface area (Å²) in [5, 5.41) is 17.9. The molecule has 6 nitrogen and oxygen atoms in total. The number of nitrogens with zero attached hydrogens (tertiary/aromatic N) is 2. The van der Waals surface area contributed by atoms with Gasteiger partial charge in [-0.15, -0.1) is 5.10 Å². The number of carbonyl (C=O) groups is 1. The molecule has 6 heteroatoms. The average Bonchev–Trinajstić information content (AvgIpc) is 2.78. The zero-order valence-electron chi connectivity index (χ0n) is 7.54. The number of hydrogen-bond acceptors (Lipinski definition) is 5. The number of benzene rings is 1. The maximum atomic E-state index is 11.1. The van der Waals surface area contributed by atoms with Gasteiger partial charge in [0.1, 0.15) is 5.69 Å². The van der Waals surface area contributed by atoms with Crippen molar-refractivity contribution in [2.45, 2.75) is 0 Å². The fourth-order valence-corrected chi connectivity index (χ4v) is 1.21. The number of carbonyl (C=O) groups excluding carboxylic acids is 1. The molecule has 0 bridgehead atoms. The highest BCUT2D eigenvalue weighted by molar-refractivity contribution is 5.93. The molecular formula is C9H7N3O3. The van der Waals surface area contributed by atoms with Crippen LogP contribution in [-0.4, -0.2) is 26.6 Å². The van der Waals surface area contributed by atoms with E-state index in [9.17, 15) is 4.79 Å². The van der Waals surface area contributed by atoms with Crippen LogP contribution in [0.3, 0.4) is 0 Å². The number of H-pyrrole nitrogens is 1. The summed E-state index contributed by atoms with van der Waals surface area (Å²) in [6, 6.07) is 8.99. The van der Waals surface area contributed by atoms with Gasteiger partial charge < -0.3 is 0 Å². The monoisotopic (exact) mass is 205 g/mol. The molecule has 0 aliphatic heterocycles. The summed E-state index contributed by atoms with van der Waals surface area (Å²) < 4.78 is 0. The van der Waals surface area contributed by atoms with Crippen LogP contribution in [0.2, 0.25) is 0 Å². The zero-order chi connectivity index (χ0) is 10.7. The Bertz CT molecular complexity index is 466. The van der Waals surface area contributed by atoms with Crippen LogP contribution in [0, 0.1) is 0 Å². The maximum Gasteiger partial charge on any atom is 0.395 e. The molecule has 15 heavy (non-hydrogen) atoms. The van der Waals surface area contributed by atoms with Crippen molar-refractivity contribution in [3.8, 4) is 11.3 Å². The standard InChI is InChI=1S/C9H7N3O3/c13-9(15-14)8-7(10-12-11-8)6-4-2-1-3-5-6/h1-5,14H,(H,10,11,12). The van der Waals surface area contributed by atoms with E-state index in [1.54, 1.807) is 24.3 Å². The third-order valence-electron chi connectivity index (χ3n) is 1.87. The van der Waals surface area contributed by atoms with E-state index in [-0.39, 0.29) is 5.69 Å².